The van der Waals surface area contributed by atoms with E-state index in [0.29, 0.717) is 6.61 Å². The van der Waals surface area contributed by atoms with Gasteiger partial charge in [-0.3, -0.25) is 0 Å². The third kappa shape index (κ3) is 13.1. The van der Waals surface area contributed by atoms with Crippen LogP contribution < -0.4 is 0 Å². The van der Waals surface area contributed by atoms with Crippen LogP contribution in [0.2, 0.25) is 0 Å². The molecule has 5 heteroatoms. The summed E-state index contributed by atoms with van der Waals surface area (Å²) in [7, 11) is 0. The molecule has 0 aliphatic heterocycles. The second kappa shape index (κ2) is 6.75. The Bertz CT molecular complexity index is 63.3. The van der Waals surface area contributed by atoms with Crippen LogP contribution in [-0.2, 0) is 4.74 Å². The number of alkyl halides is 3. The van der Waals surface area contributed by atoms with E-state index in [-0.39, 0.29) is 43.5 Å². The van der Waals surface area contributed by atoms with Crippen molar-refractivity contribution in [2.75, 3.05) is 13.2 Å². The van der Waals surface area contributed by atoms with E-state index in [2.05, 4.69) is 0 Å². The molecule has 0 fully saturated rings. The van der Waals surface area contributed by atoms with Gasteiger partial charge in [0.1, 0.15) is 0 Å². The van der Waals surface area contributed by atoms with E-state index in [4.69, 9.17) is 39.5 Å². The first-order valence-corrected chi connectivity index (χ1v) is 3.34. The van der Waals surface area contributed by atoms with E-state index in [9.17, 15) is 0 Å². The molecule has 0 unspecified atom stereocenters. The van der Waals surface area contributed by atoms with Crippen LogP contribution in [0.1, 0.15) is 6.92 Å². The molecule has 1 radical (unpaired) electrons. The van der Waals surface area contributed by atoms with E-state index >= 15 is 0 Å². The third-order valence-corrected chi connectivity index (χ3v) is 0.797. The summed E-state index contributed by atoms with van der Waals surface area (Å²) in [6.07, 6.45) is 0. The molecule has 0 bridgehead atoms. The zero-order valence-electron chi connectivity index (χ0n) is 4.73. The van der Waals surface area contributed by atoms with Gasteiger partial charge in [0.2, 0.25) is 3.79 Å². The molecule has 0 saturated carbocycles. The molecule has 0 rings (SSSR count). The first-order valence-electron chi connectivity index (χ1n) is 2.20. The molecule has 0 saturated heterocycles. The van der Waals surface area contributed by atoms with Crippen LogP contribution >= 0.6 is 34.8 Å². The van der Waals surface area contributed by atoms with Crippen LogP contribution in [0.3, 0.4) is 0 Å². The van der Waals surface area contributed by atoms with Crippen molar-refractivity contribution < 1.29 is 41.6 Å². The van der Waals surface area contributed by atoms with Gasteiger partial charge in [-0.2, -0.15) is 0 Å². The van der Waals surface area contributed by atoms with Crippen LogP contribution in [-0.4, -0.2) is 17.0 Å². The summed E-state index contributed by atoms with van der Waals surface area (Å²) >= 11 is 16.0. The maximum Gasteiger partial charge on any atom is 0.213 e. The Morgan fingerprint density at radius 2 is 1.78 bits per heavy atom. The predicted octanol–water partition coefficient (Wildman–Crippen LogP) is 2.39. The van der Waals surface area contributed by atoms with Gasteiger partial charge in [0, 0.05) is 43.5 Å². The van der Waals surface area contributed by atoms with E-state index in [1.54, 1.807) is 0 Å². The van der Waals surface area contributed by atoms with Crippen LogP contribution in [0.25, 0.3) is 0 Å². The monoisotopic (exact) mass is 345 g/mol. The maximum atomic E-state index is 5.32. The first kappa shape index (κ1) is 13.6. The average molecular weight is 346 g/mol. The summed E-state index contributed by atoms with van der Waals surface area (Å²) in [6, 6.07) is 0. The van der Waals surface area contributed by atoms with Crippen molar-refractivity contribution in [3.05, 3.63) is 0 Å². The van der Waals surface area contributed by atoms with Gasteiger partial charge in [0.05, 0.1) is 6.61 Å². The molecule has 1 nitrogen and oxygen atoms in total. The van der Waals surface area contributed by atoms with Gasteiger partial charge in [0.15, 0.2) is 0 Å². The Hall–Kier alpha value is 2.06. The zero-order chi connectivity index (χ0) is 6.62. The Morgan fingerprint density at radius 1 is 1.33 bits per heavy atom. The van der Waals surface area contributed by atoms with Crippen molar-refractivity contribution in [1.29, 1.82) is 0 Å². The van der Waals surface area contributed by atoms with Crippen molar-refractivity contribution in [1.82, 2.24) is 0 Å². The van der Waals surface area contributed by atoms with Crippen LogP contribution in [0.15, 0.2) is 0 Å². The molecule has 0 spiro atoms. The van der Waals surface area contributed by atoms with Crippen molar-refractivity contribution >= 4 is 34.8 Å². The van der Waals surface area contributed by atoms with Gasteiger partial charge < -0.3 is 4.74 Å². The fraction of sp³-hybridized carbons (Fsp3) is 1.00. The summed E-state index contributed by atoms with van der Waals surface area (Å²) in [5, 5.41) is 0. The molecule has 0 aromatic rings. The van der Waals surface area contributed by atoms with Crippen molar-refractivity contribution in [2.45, 2.75) is 10.7 Å². The number of hydrogen-bond acceptors (Lipinski definition) is 1. The largest absolute Gasteiger partial charge is 0.377 e. The van der Waals surface area contributed by atoms with Gasteiger partial charge in [-0.1, -0.05) is 34.8 Å². The van der Waals surface area contributed by atoms with Crippen LogP contribution in [0.5, 0.6) is 0 Å². The number of rotatable bonds is 2. The quantitative estimate of drug-likeness (QED) is 0.698. The maximum absolute atomic E-state index is 5.32. The summed E-state index contributed by atoms with van der Waals surface area (Å²) < 4.78 is 3.55. The number of halogens is 3. The SMILES string of the molecule is CCOCC(Cl)(Cl)Cl.[Tm]. The van der Waals surface area contributed by atoms with Crippen LogP contribution in [0, 0.1) is 36.9 Å². The van der Waals surface area contributed by atoms with Gasteiger partial charge in [-0.05, 0) is 6.92 Å². The summed E-state index contributed by atoms with van der Waals surface area (Å²) in [4.78, 5) is 0. The second-order valence-corrected chi connectivity index (χ2v) is 3.77. The fourth-order valence-corrected chi connectivity index (χ4v) is 0.449. The topological polar surface area (TPSA) is 9.23 Å². The molecule has 0 aliphatic carbocycles. The molecular formula is C4H7Cl3OTm. The first-order chi connectivity index (χ1) is 3.56. The summed E-state index contributed by atoms with van der Waals surface area (Å²) in [5.74, 6) is 0. The molecule has 0 N–H and O–H groups in total. The molecule has 0 heterocycles. The minimum Gasteiger partial charge on any atom is -0.377 e. The second-order valence-electron chi connectivity index (χ2n) is 1.25. The van der Waals surface area contributed by atoms with Crippen molar-refractivity contribution in [3.63, 3.8) is 0 Å². The minimum atomic E-state index is -1.25. The van der Waals surface area contributed by atoms with E-state index in [0.717, 1.165) is 0 Å². The van der Waals surface area contributed by atoms with Crippen molar-refractivity contribution in [2.24, 2.45) is 0 Å². The molecule has 63 valence electrons. The van der Waals surface area contributed by atoms with Gasteiger partial charge >= 0.3 is 0 Å². The normalized spacial score (nSPS) is 10.7. The van der Waals surface area contributed by atoms with E-state index in [1.165, 1.54) is 0 Å². The smallest absolute Gasteiger partial charge is 0.213 e. The molecular weight excluding hydrogens is 339 g/mol. The number of hydrogen-bond donors (Lipinski definition) is 0. The Labute approximate surface area is 99.2 Å². The van der Waals surface area contributed by atoms with Crippen LogP contribution in [0.4, 0.5) is 0 Å². The standard InChI is InChI=1S/C4H7Cl3O.Tm/c1-2-8-3-4(5,6)7;/h2-3H2,1H3;. The molecule has 9 heavy (non-hydrogen) atoms. The molecule has 0 aromatic carbocycles. The Balaban J connectivity index is 0. The summed E-state index contributed by atoms with van der Waals surface area (Å²) in [6.45, 7) is 2.58. The average Bonchev–Trinajstić information content (AvgIpc) is 1.59. The molecule has 0 aliphatic rings. The van der Waals surface area contributed by atoms with E-state index < -0.39 is 3.79 Å². The Kier molecular flexibility index (Phi) is 10.2. The fourth-order valence-electron chi connectivity index (χ4n) is 0.218. The van der Waals surface area contributed by atoms with E-state index in [1.807, 2.05) is 6.92 Å². The minimum absolute atomic E-state index is 0. The Morgan fingerprint density at radius 3 is 1.89 bits per heavy atom. The number of ether oxygens (including phenoxy) is 1. The zero-order valence-corrected chi connectivity index (χ0v) is 8.78. The van der Waals surface area contributed by atoms with Gasteiger partial charge in [-0.15, -0.1) is 0 Å². The summed E-state index contributed by atoms with van der Waals surface area (Å²) in [5.41, 5.74) is 0. The molecule has 0 atom stereocenters. The third-order valence-electron chi connectivity index (χ3n) is 0.470. The van der Waals surface area contributed by atoms with Crippen molar-refractivity contribution in [3.8, 4) is 0 Å². The molecule has 0 aromatic heterocycles. The molecule has 0 amide bonds. The van der Waals surface area contributed by atoms with Gasteiger partial charge in [-0.25, -0.2) is 0 Å². The van der Waals surface area contributed by atoms with Gasteiger partial charge in [0.25, 0.3) is 0 Å². The predicted molar refractivity (Wildman–Crippen MR) is 36.8 cm³/mol.